The lowest BCUT2D eigenvalue weighted by Gasteiger charge is -2.10. The Morgan fingerprint density at radius 3 is 2.68 bits per heavy atom. The third kappa shape index (κ3) is 4.24. The molecule has 0 bridgehead atoms. The number of hydrogen-bond donors (Lipinski definition) is 3. The molecule has 2 rings (SSSR count). The Morgan fingerprint density at radius 2 is 2.00 bits per heavy atom. The van der Waals surface area contributed by atoms with Gasteiger partial charge in [0.25, 0.3) is 0 Å². The highest BCUT2D eigenvalue weighted by atomic mass is 35.5. The van der Waals surface area contributed by atoms with E-state index >= 15 is 0 Å². The maximum Gasteiger partial charge on any atom is 0.313 e. The summed E-state index contributed by atoms with van der Waals surface area (Å²) in [4.78, 5) is 23.4. The summed E-state index contributed by atoms with van der Waals surface area (Å²) in [7, 11) is 0. The van der Waals surface area contributed by atoms with Crippen molar-refractivity contribution in [1.29, 1.82) is 0 Å². The van der Waals surface area contributed by atoms with Crippen molar-refractivity contribution in [3.8, 4) is 0 Å². The van der Waals surface area contributed by atoms with Gasteiger partial charge in [0.1, 0.15) is 11.9 Å². The molecular formula is C14H12Cl2N2O4. The van der Waals surface area contributed by atoms with E-state index in [0.717, 1.165) is 0 Å². The first-order chi connectivity index (χ1) is 10.5. The molecule has 1 heterocycles. The number of aliphatic hydroxyl groups is 1. The number of nitrogens with one attached hydrogen (secondary N) is 2. The van der Waals surface area contributed by atoms with Gasteiger partial charge in [-0.3, -0.25) is 9.59 Å². The summed E-state index contributed by atoms with van der Waals surface area (Å²) in [5.74, 6) is -1.55. The van der Waals surface area contributed by atoms with Crippen LogP contribution in [0.2, 0.25) is 10.0 Å². The second kappa shape index (κ2) is 7.31. The normalized spacial score (nSPS) is 11.8. The van der Waals surface area contributed by atoms with E-state index < -0.39 is 17.9 Å². The largest absolute Gasteiger partial charge is 0.467 e. The first kappa shape index (κ1) is 16.4. The van der Waals surface area contributed by atoms with E-state index in [1.807, 2.05) is 0 Å². The van der Waals surface area contributed by atoms with E-state index in [2.05, 4.69) is 10.6 Å². The van der Waals surface area contributed by atoms with E-state index in [9.17, 15) is 14.7 Å². The molecule has 1 aromatic carbocycles. The number of benzene rings is 1. The number of furan rings is 1. The molecule has 0 saturated heterocycles. The molecule has 2 amide bonds. The van der Waals surface area contributed by atoms with Crippen LogP contribution in [-0.2, 0) is 9.59 Å². The zero-order chi connectivity index (χ0) is 16.1. The SMILES string of the molecule is O=C(NCC(O)c1ccco1)C(=O)Nc1cc(Cl)ccc1Cl. The molecule has 0 radical (unpaired) electrons. The fraction of sp³-hybridized carbons (Fsp3) is 0.143. The molecule has 8 heteroatoms. The molecule has 0 fully saturated rings. The molecule has 6 nitrogen and oxygen atoms in total. The van der Waals surface area contributed by atoms with Crippen molar-refractivity contribution in [2.24, 2.45) is 0 Å². The summed E-state index contributed by atoms with van der Waals surface area (Å²) in [5, 5.41) is 15.0. The Morgan fingerprint density at radius 1 is 1.23 bits per heavy atom. The standard InChI is InChI=1S/C14H12Cl2N2O4/c15-8-3-4-9(16)10(6-8)18-14(21)13(20)17-7-11(19)12-2-1-5-22-12/h1-6,11,19H,7H2,(H,17,20)(H,18,21). The van der Waals surface area contributed by atoms with Crippen LogP contribution in [0.15, 0.2) is 41.0 Å². The lowest BCUT2D eigenvalue weighted by molar-refractivity contribution is -0.136. The monoisotopic (exact) mass is 342 g/mol. The van der Waals surface area contributed by atoms with Crippen LogP contribution in [0.1, 0.15) is 11.9 Å². The van der Waals surface area contributed by atoms with E-state index in [1.165, 1.54) is 18.4 Å². The quantitative estimate of drug-likeness (QED) is 0.744. The van der Waals surface area contributed by atoms with Gasteiger partial charge in [-0.05, 0) is 30.3 Å². The summed E-state index contributed by atoms with van der Waals surface area (Å²) in [6, 6.07) is 7.64. The van der Waals surface area contributed by atoms with Crippen LogP contribution >= 0.6 is 23.2 Å². The molecule has 3 N–H and O–H groups in total. The second-order valence-corrected chi connectivity index (χ2v) is 5.16. The molecule has 0 aliphatic heterocycles. The van der Waals surface area contributed by atoms with Crippen LogP contribution in [0.4, 0.5) is 5.69 Å². The average molecular weight is 343 g/mol. The predicted molar refractivity (Wildman–Crippen MR) is 81.8 cm³/mol. The Hall–Kier alpha value is -2.02. The molecule has 0 spiro atoms. The first-order valence-corrected chi connectivity index (χ1v) is 6.98. The zero-order valence-corrected chi connectivity index (χ0v) is 12.7. The minimum absolute atomic E-state index is 0.164. The van der Waals surface area contributed by atoms with Crippen molar-refractivity contribution in [2.45, 2.75) is 6.10 Å². The topological polar surface area (TPSA) is 91.6 Å². The van der Waals surface area contributed by atoms with E-state index in [-0.39, 0.29) is 17.3 Å². The van der Waals surface area contributed by atoms with Crippen molar-refractivity contribution in [2.75, 3.05) is 11.9 Å². The Balaban J connectivity index is 1.89. The average Bonchev–Trinajstić information content (AvgIpc) is 3.02. The molecule has 22 heavy (non-hydrogen) atoms. The minimum Gasteiger partial charge on any atom is -0.467 e. The fourth-order valence-corrected chi connectivity index (χ4v) is 1.96. The Bertz CT molecular complexity index is 673. The van der Waals surface area contributed by atoms with E-state index in [4.69, 9.17) is 27.6 Å². The lowest BCUT2D eigenvalue weighted by atomic mass is 10.2. The van der Waals surface area contributed by atoms with Crippen molar-refractivity contribution in [3.05, 3.63) is 52.4 Å². The van der Waals surface area contributed by atoms with Gasteiger partial charge < -0.3 is 20.2 Å². The molecular weight excluding hydrogens is 331 g/mol. The third-order valence-electron chi connectivity index (χ3n) is 2.71. The number of anilines is 1. The zero-order valence-electron chi connectivity index (χ0n) is 11.2. The summed E-state index contributed by atoms with van der Waals surface area (Å²) < 4.78 is 4.98. The van der Waals surface area contributed by atoms with Crippen molar-refractivity contribution in [1.82, 2.24) is 5.32 Å². The molecule has 116 valence electrons. The molecule has 1 unspecified atom stereocenters. The maximum atomic E-state index is 11.7. The number of aliphatic hydroxyl groups excluding tert-OH is 1. The van der Waals surface area contributed by atoms with Gasteiger partial charge in [0, 0.05) is 5.02 Å². The number of hydrogen-bond acceptors (Lipinski definition) is 4. The first-order valence-electron chi connectivity index (χ1n) is 6.23. The molecule has 0 aliphatic carbocycles. The van der Waals surface area contributed by atoms with Crippen LogP contribution in [0, 0.1) is 0 Å². The maximum absolute atomic E-state index is 11.7. The van der Waals surface area contributed by atoms with E-state index in [1.54, 1.807) is 18.2 Å². The van der Waals surface area contributed by atoms with Gasteiger partial charge in [-0.2, -0.15) is 0 Å². The van der Waals surface area contributed by atoms with Gasteiger partial charge in [-0.25, -0.2) is 0 Å². The lowest BCUT2D eigenvalue weighted by Crippen LogP contribution is -2.37. The van der Waals surface area contributed by atoms with Crippen molar-refractivity contribution >= 4 is 40.7 Å². The van der Waals surface area contributed by atoms with E-state index in [0.29, 0.717) is 10.8 Å². The van der Waals surface area contributed by atoms with Gasteiger partial charge in [-0.15, -0.1) is 0 Å². The highest BCUT2D eigenvalue weighted by Crippen LogP contribution is 2.25. The summed E-state index contributed by atoms with van der Waals surface area (Å²) in [6.45, 7) is -0.164. The summed E-state index contributed by atoms with van der Waals surface area (Å²) >= 11 is 11.7. The van der Waals surface area contributed by atoms with Crippen molar-refractivity contribution in [3.63, 3.8) is 0 Å². The number of carbonyl (C=O) groups excluding carboxylic acids is 2. The number of amides is 2. The smallest absolute Gasteiger partial charge is 0.313 e. The number of carbonyl (C=O) groups is 2. The molecule has 0 saturated carbocycles. The minimum atomic E-state index is -1.04. The number of halogens is 2. The summed E-state index contributed by atoms with van der Waals surface area (Å²) in [5.41, 5.74) is 0.223. The molecule has 2 aromatic rings. The van der Waals surface area contributed by atoms with Gasteiger partial charge in [0.05, 0.1) is 23.5 Å². The molecule has 1 atom stereocenters. The van der Waals surface area contributed by atoms with Crippen LogP contribution in [-0.4, -0.2) is 23.5 Å². The van der Waals surface area contributed by atoms with Gasteiger partial charge in [0.15, 0.2) is 0 Å². The summed E-state index contributed by atoms with van der Waals surface area (Å²) in [6.07, 6.45) is 0.357. The molecule has 1 aromatic heterocycles. The van der Waals surface area contributed by atoms with Gasteiger partial charge in [-0.1, -0.05) is 23.2 Å². The predicted octanol–water partition coefficient (Wildman–Crippen LogP) is 2.37. The Labute approximate surface area is 136 Å². The fourth-order valence-electron chi connectivity index (χ4n) is 1.62. The van der Waals surface area contributed by atoms with Crippen LogP contribution in [0.5, 0.6) is 0 Å². The van der Waals surface area contributed by atoms with Gasteiger partial charge in [0.2, 0.25) is 0 Å². The van der Waals surface area contributed by atoms with Crippen LogP contribution < -0.4 is 10.6 Å². The number of rotatable bonds is 4. The second-order valence-electron chi connectivity index (χ2n) is 4.32. The molecule has 0 aliphatic rings. The van der Waals surface area contributed by atoms with Gasteiger partial charge >= 0.3 is 11.8 Å². The van der Waals surface area contributed by atoms with Crippen molar-refractivity contribution < 1.29 is 19.1 Å². The van der Waals surface area contributed by atoms with Crippen LogP contribution in [0.25, 0.3) is 0 Å². The van der Waals surface area contributed by atoms with Crippen LogP contribution in [0.3, 0.4) is 0 Å². The highest BCUT2D eigenvalue weighted by Gasteiger charge is 2.18. The highest BCUT2D eigenvalue weighted by molar-refractivity contribution is 6.42. The third-order valence-corrected chi connectivity index (χ3v) is 3.28. The Kier molecular flexibility index (Phi) is 5.43.